The molecule has 1 aromatic heterocycles. The Morgan fingerprint density at radius 1 is 1.18 bits per heavy atom. The van der Waals surface area contributed by atoms with Gasteiger partial charge in [0, 0.05) is 25.9 Å². The van der Waals surface area contributed by atoms with E-state index in [4.69, 9.17) is 4.74 Å². The van der Waals surface area contributed by atoms with E-state index in [1.807, 2.05) is 24.3 Å². The molecule has 1 aromatic carbocycles. The van der Waals surface area contributed by atoms with Crippen LogP contribution in [0.1, 0.15) is 17.4 Å². The van der Waals surface area contributed by atoms with E-state index in [9.17, 15) is 4.79 Å². The minimum Gasteiger partial charge on any atom is -0.383 e. The van der Waals surface area contributed by atoms with Crippen molar-refractivity contribution in [2.75, 3.05) is 31.7 Å². The summed E-state index contributed by atoms with van der Waals surface area (Å²) in [7, 11) is 1.60. The fourth-order valence-corrected chi connectivity index (χ4v) is 2.16. The number of amides is 1. The van der Waals surface area contributed by atoms with Gasteiger partial charge in [-0.25, -0.2) is 4.98 Å². The van der Waals surface area contributed by atoms with E-state index in [1.54, 1.807) is 19.4 Å². The molecule has 0 saturated carbocycles. The Bertz CT molecular complexity index is 585. The minimum absolute atomic E-state index is 0.189. The molecule has 0 aliphatic carbocycles. The van der Waals surface area contributed by atoms with Gasteiger partial charge < -0.3 is 15.0 Å². The van der Waals surface area contributed by atoms with Gasteiger partial charge >= 0.3 is 0 Å². The van der Waals surface area contributed by atoms with Gasteiger partial charge in [0.15, 0.2) is 0 Å². The molecule has 0 aliphatic rings. The third-order valence-electron chi connectivity index (χ3n) is 3.27. The number of aromatic nitrogens is 1. The zero-order valence-corrected chi connectivity index (χ0v) is 13.0. The molecular weight excluding hydrogens is 278 g/mol. The van der Waals surface area contributed by atoms with Crippen LogP contribution in [0.15, 0.2) is 48.7 Å². The van der Waals surface area contributed by atoms with Crippen molar-refractivity contribution in [3.05, 3.63) is 54.4 Å². The first kappa shape index (κ1) is 16.0. The lowest BCUT2D eigenvalue weighted by Crippen LogP contribution is -2.27. The summed E-state index contributed by atoms with van der Waals surface area (Å²) >= 11 is 0. The molecule has 0 spiro atoms. The van der Waals surface area contributed by atoms with Crippen molar-refractivity contribution in [1.29, 1.82) is 0 Å². The Labute approximate surface area is 130 Å². The normalized spacial score (nSPS) is 10.3. The monoisotopic (exact) mass is 299 g/mol. The van der Waals surface area contributed by atoms with Crippen LogP contribution in [0.2, 0.25) is 0 Å². The maximum Gasteiger partial charge on any atom is 0.269 e. The number of para-hydroxylation sites is 1. The van der Waals surface area contributed by atoms with Gasteiger partial charge in [-0.2, -0.15) is 0 Å². The van der Waals surface area contributed by atoms with E-state index in [2.05, 4.69) is 34.3 Å². The summed E-state index contributed by atoms with van der Waals surface area (Å²) in [5.41, 5.74) is 2.47. The van der Waals surface area contributed by atoms with Gasteiger partial charge in [-0.3, -0.25) is 4.79 Å². The molecule has 5 heteroatoms. The number of methoxy groups -OCH3 is 1. The number of ether oxygens (including phenoxy) is 1. The van der Waals surface area contributed by atoms with E-state index in [0.29, 0.717) is 18.8 Å². The number of hydrogen-bond donors (Lipinski definition) is 1. The molecule has 1 N–H and O–H groups in total. The lowest BCUT2D eigenvalue weighted by Gasteiger charge is -2.22. The SMILES string of the molecule is CCN(c1ccccc1)c1ccc(C(=O)NCCOC)nc1. The number of rotatable bonds is 7. The molecule has 0 unspecified atom stereocenters. The number of nitrogens with one attached hydrogen (secondary N) is 1. The molecule has 0 saturated heterocycles. The first-order valence-electron chi connectivity index (χ1n) is 7.32. The molecule has 116 valence electrons. The highest BCUT2D eigenvalue weighted by Gasteiger charge is 2.10. The van der Waals surface area contributed by atoms with Crippen molar-refractivity contribution in [1.82, 2.24) is 10.3 Å². The van der Waals surface area contributed by atoms with E-state index < -0.39 is 0 Å². The average molecular weight is 299 g/mol. The van der Waals surface area contributed by atoms with Gasteiger partial charge in [0.2, 0.25) is 0 Å². The Hall–Kier alpha value is -2.40. The standard InChI is InChI=1S/C17H21N3O2/c1-3-20(14-7-5-4-6-8-14)15-9-10-16(19-13-15)17(21)18-11-12-22-2/h4-10,13H,3,11-12H2,1-2H3,(H,18,21). The molecule has 0 bridgehead atoms. The fourth-order valence-electron chi connectivity index (χ4n) is 2.16. The number of carbonyl (C=O) groups is 1. The predicted molar refractivity (Wildman–Crippen MR) is 87.6 cm³/mol. The molecule has 0 fully saturated rings. The van der Waals surface area contributed by atoms with Crippen molar-refractivity contribution in [2.24, 2.45) is 0 Å². The van der Waals surface area contributed by atoms with Crippen molar-refractivity contribution in [3.8, 4) is 0 Å². The Morgan fingerprint density at radius 3 is 2.55 bits per heavy atom. The molecule has 2 rings (SSSR count). The third-order valence-corrected chi connectivity index (χ3v) is 3.27. The maximum absolute atomic E-state index is 11.9. The van der Waals surface area contributed by atoms with Crippen molar-refractivity contribution in [3.63, 3.8) is 0 Å². The smallest absolute Gasteiger partial charge is 0.269 e. The number of pyridine rings is 1. The van der Waals surface area contributed by atoms with Gasteiger partial charge in [-0.15, -0.1) is 0 Å². The van der Waals surface area contributed by atoms with Crippen molar-refractivity contribution >= 4 is 17.3 Å². The van der Waals surface area contributed by atoms with Gasteiger partial charge in [0.1, 0.15) is 5.69 Å². The van der Waals surface area contributed by atoms with Crippen molar-refractivity contribution in [2.45, 2.75) is 6.92 Å². The van der Waals surface area contributed by atoms with Crippen LogP contribution in [0, 0.1) is 0 Å². The number of anilines is 2. The van der Waals surface area contributed by atoms with E-state index in [0.717, 1.165) is 17.9 Å². The van der Waals surface area contributed by atoms with E-state index in [1.165, 1.54) is 0 Å². The summed E-state index contributed by atoms with van der Waals surface area (Å²) in [6.45, 7) is 3.87. The lowest BCUT2D eigenvalue weighted by atomic mass is 10.2. The number of carbonyl (C=O) groups excluding carboxylic acids is 1. The first-order valence-corrected chi connectivity index (χ1v) is 7.32. The number of benzene rings is 1. The van der Waals surface area contributed by atoms with Crippen LogP contribution >= 0.6 is 0 Å². The predicted octanol–water partition coefficient (Wildman–Crippen LogP) is 2.62. The molecular formula is C17H21N3O2. The molecule has 1 heterocycles. The second kappa shape index (κ2) is 8.14. The van der Waals surface area contributed by atoms with Crippen LogP contribution < -0.4 is 10.2 Å². The van der Waals surface area contributed by atoms with Crippen LogP contribution in [0.3, 0.4) is 0 Å². The Morgan fingerprint density at radius 2 is 1.95 bits per heavy atom. The second-order valence-electron chi connectivity index (χ2n) is 4.73. The zero-order valence-electron chi connectivity index (χ0n) is 13.0. The van der Waals surface area contributed by atoms with Gasteiger partial charge in [-0.05, 0) is 31.2 Å². The van der Waals surface area contributed by atoms with Crippen LogP contribution in [0.25, 0.3) is 0 Å². The molecule has 2 aromatic rings. The van der Waals surface area contributed by atoms with Crippen LogP contribution in [-0.4, -0.2) is 37.7 Å². The summed E-state index contributed by atoms with van der Waals surface area (Å²) in [5, 5.41) is 2.75. The van der Waals surface area contributed by atoms with Crippen LogP contribution in [-0.2, 0) is 4.74 Å². The topological polar surface area (TPSA) is 54.5 Å². The summed E-state index contributed by atoms with van der Waals surface area (Å²) < 4.78 is 4.90. The highest BCUT2D eigenvalue weighted by Crippen LogP contribution is 2.23. The molecule has 1 amide bonds. The van der Waals surface area contributed by atoms with Crippen molar-refractivity contribution < 1.29 is 9.53 Å². The van der Waals surface area contributed by atoms with Crippen LogP contribution in [0.4, 0.5) is 11.4 Å². The quantitative estimate of drug-likeness (QED) is 0.799. The highest BCUT2D eigenvalue weighted by atomic mass is 16.5. The fraction of sp³-hybridized carbons (Fsp3) is 0.294. The zero-order chi connectivity index (χ0) is 15.8. The third kappa shape index (κ3) is 4.05. The largest absolute Gasteiger partial charge is 0.383 e. The van der Waals surface area contributed by atoms with Gasteiger partial charge in [-0.1, -0.05) is 18.2 Å². The average Bonchev–Trinajstić information content (AvgIpc) is 2.57. The number of hydrogen-bond acceptors (Lipinski definition) is 4. The summed E-state index contributed by atoms with van der Waals surface area (Å²) in [6.07, 6.45) is 1.72. The van der Waals surface area contributed by atoms with E-state index in [-0.39, 0.29) is 5.91 Å². The highest BCUT2D eigenvalue weighted by molar-refractivity contribution is 5.92. The summed E-state index contributed by atoms with van der Waals surface area (Å²) in [5.74, 6) is -0.189. The number of nitrogens with zero attached hydrogens (tertiary/aromatic N) is 2. The minimum atomic E-state index is -0.189. The van der Waals surface area contributed by atoms with Gasteiger partial charge in [0.25, 0.3) is 5.91 Å². The Kier molecular flexibility index (Phi) is 5.91. The molecule has 5 nitrogen and oxygen atoms in total. The van der Waals surface area contributed by atoms with Crippen LogP contribution in [0.5, 0.6) is 0 Å². The molecule has 0 radical (unpaired) electrons. The molecule has 0 atom stereocenters. The molecule has 22 heavy (non-hydrogen) atoms. The summed E-state index contributed by atoms with van der Waals surface area (Å²) in [6, 6.07) is 13.7. The first-order chi connectivity index (χ1) is 10.8. The van der Waals surface area contributed by atoms with Gasteiger partial charge in [0.05, 0.1) is 18.5 Å². The van der Waals surface area contributed by atoms with E-state index >= 15 is 0 Å². The second-order valence-corrected chi connectivity index (χ2v) is 4.73. The molecule has 0 aliphatic heterocycles. The Balaban J connectivity index is 2.09. The summed E-state index contributed by atoms with van der Waals surface area (Å²) in [4.78, 5) is 18.3. The lowest BCUT2D eigenvalue weighted by molar-refractivity contribution is 0.0932. The maximum atomic E-state index is 11.9.